The first kappa shape index (κ1) is 18.7. The van der Waals surface area contributed by atoms with E-state index in [4.69, 9.17) is 0 Å². The number of carbonyl (C=O) groups excluding carboxylic acids is 2. The van der Waals surface area contributed by atoms with Crippen molar-refractivity contribution < 1.29 is 9.59 Å². The van der Waals surface area contributed by atoms with Gasteiger partial charge in [0.1, 0.15) is 0 Å². The molecule has 1 aliphatic heterocycles. The van der Waals surface area contributed by atoms with Gasteiger partial charge in [-0.05, 0) is 29.5 Å². The maximum absolute atomic E-state index is 11.7. The molecule has 25 heavy (non-hydrogen) atoms. The molecule has 0 radical (unpaired) electrons. The Balaban J connectivity index is 0.000000186. The van der Waals surface area contributed by atoms with Crippen molar-refractivity contribution in [1.29, 1.82) is 0 Å². The van der Waals surface area contributed by atoms with Crippen LogP contribution in [0.15, 0.2) is 49.8 Å². The van der Waals surface area contributed by atoms with Crippen molar-refractivity contribution in [3.8, 4) is 0 Å². The number of nitrogens with zero attached hydrogens (tertiary/aromatic N) is 2. The average molecular weight is 338 g/mol. The van der Waals surface area contributed by atoms with Crippen LogP contribution >= 0.6 is 0 Å². The van der Waals surface area contributed by atoms with Crippen LogP contribution in [0.3, 0.4) is 0 Å². The van der Waals surface area contributed by atoms with Crippen LogP contribution in [0, 0.1) is 5.92 Å². The molecule has 132 valence electrons. The third-order valence-corrected chi connectivity index (χ3v) is 4.68. The second-order valence-electron chi connectivity index (χ2n) is 6.68. The highest BCUT2D eigenvalue weighted by Crippen LogP contribution is 2.36. The van der Waals surface area contributed by atoms with Crippen LogP contribution in [0.25, 0.3) is 5.57 Å². The molecule has 4 heteroatoms. The standard InChI is InChI=1S/C12H13NO.C9H13NO/c1-8-7-11(14)12-9(8)5-4-6-10(12)13(2)3;1-4-10-8(3)7(2)5-6-9(10)11/h4-6H,1,7H2,2-3H3;4,7H,1,3,5-6H2,2H3. The Morgan fingerprint density at radius 1 is 1.24 bits per heavy atom. The van der Waals surface area contributed by atoms with Gasteiger partial charge in [0, 0.05) is 50.1 Å². The fourth-order valence-corrected chi connectivity index (χ4v) is 3.12. The van der Waals surface area contributed by atoms with E-state index in [1.165, 1.54) is 0 Å². The largest absolute Gasteiger partial charge is 0.377 e. The van der Waals surface area contributed by atoms with E-state index in [1.54, 1.807) is 11.1 Å². The fraction of sp³-hybridized carbons (Fsp3) is 0.333. The Morgan fingerprint density at radius 3 is 2.48 bits per heavy atom. The fourth-order valence-electron chi connectivity index (χ4n) is 3.12. The monoisotopic (exact) mass is 338 g/mol. The number of allylic oxidation sites excluding steroid dienone is 2. The maximum atomic E-state index is 11.7. The Kier molecular flexibility index (Phi) is 5.62. The number of benzene rings is 1. The maximum Gasteiger partial charge on any atom is 0.230 e. The number of Topliss-reactive ketones (excluding diaryl/α,β-unsaturated/α-hetero) is 1. The van der Waals surface area contributed by atoms with Crippen LogP contribution in [0.5, 0.6) is 0 Å². The molecule has 0 saturated carbocycles. The Hall–Kier alpha value is -2.62. The van der Waals surface area contributed by atoms with Crippen LogP contribution in [0.4, 0.5) is 5.69 Å². The van der Waals surface area contributed by atoms with Crippen LogP contribution in [-0.2, 0) is 4.79 Å². The van der Waals surface area contributed by atoms with Crippen molar-refractivity contribution >= 4 is 23.0 Å². The van der Waals surface area contributed by atoms with E-state index in [0.717, 1.165) is 34.5 Å². The molecule has 1 amide bonds. The van der Waals surface area contributed by atoms with Gasteiger partial charge in [-0.3, -0.25) is 14.5 Å². The minimum absolute atomic E-state index is 0.114. The van der Waals surface area contributed by atoms with Gasteiger partial charge in [-0.2, -0.15) is 0 Å². The molecule has 1 saturated heterocycles. The number of anilines is 1. The van der Waals surface area contributed by atoms with E-state index < -0.39 is 0 Å². The number of hydrogen-bond acceptors (Lipinski definition) is 3. The SMILES string of the molecule is C=C1CC(=O)c2c1cccc2N(C)C.C=CN1C(=C)C(C)CCC1=O. The highest BCUT2D eigenvalue weighted by atomic mass is 16.2. The van der Waals surface area contributed by atoms with E-state index >= 15 is 0 Å². The third-order valence-electron chi connectivity index (χ3n) is 4.68. The number of hydrogen-bond donors (Lipinski definition) is 0. The van der Waals surface area contributed by atoms with Gasteiger partial charge in [0.15, 0.2) is 5.78 Å². The molecule has 4 nitrogen and oxygen atoms in total. The molecule has 1 aromatic carbocycles. The van der Waals surface area contributed by atoms with Crippen molar-refractivity contribution in [2.75, 3.05) is 19.0 Å². The topological polar surface area (TPSA) is 40.6 Å². The first-order valence-electron chi connectivity index (χ1n) is 8.43. The summed E-state index contributed by atoms with van der Waals surface area (Å²) in [7, 11) is 3.90. The molecule has 1 fully saturated rings. The van der Waals surface area contributed by atoms with Crippen LogP contribution < -0.4 is 4.90 Å². The number of fused-ring (bicyclic) bond motifs is 1. The number of likely N-dealkylation sites (tertiary alicyclic amines) is 1. The normalized spacial score (nSPS) is 19.3. The lowest BCUT2D eigenvalue weighted by atomic mass is 9.97. The van der Waals surface area contributed by atoms with Crippen molar-refractivity contribution in [2.45, 2.75) is 26.2 Å². The first-order valence-corrected chi connectivity index (χ1v) is 8.43. The average Bonchev–Trinajstić information content (AvgIpc) is 2.87. The molecule has 0 bridgehead atoms. The molecule has 3 rings (SSSR count). The van der Waals surface area contributed by atoms with Gasteiger partial charge >= 0.3 is 0 Å². The second-order valence-corrected chi connectivity index (χ2v) is 6.68. The molecule has 1 heterocycles. The molecule has 0 aromatic heterocycles. The van der Waals surface area contributed by atoms with Crippen molar-refractivity contribution in [2.24, 2.45) is 5.92 Å². The highest BCUT2D eigenvalue weighted by molar-refractivity contribution is 6.15. The molecule has 1 aliphatic carbocycles. The van der Waals surface area contributed by atoms with Crippen LogP contribution in [0.1, 0.15) is 42.1 Å². The van der Waals surface area contributed by atoms with E-state index in [0.29, 0.717) is 18.8 Å². The van der Waals surface area contributed by atoms with Gasteiger partial charge in [0.05, 0.1) is 0 Å². The minimum Gasteiger partial charge on any atom is -0.377 e. The van der Waals surface area contributed by atoms with Crippen molar-refractivity contribution in [3.05, 3.63) is 61.0 Å². The summed E-state index contributed by atoms with van der Waals surface area (Å²) in [5, 5.41) is 0. The van der Waals surface area contributed by atoms with Crippen molar-refractivity contribution in [3.63, 3.8) is 0 Å². The summed E-state index contributed by atoms with van der Waals surface area (Å²) in [6.45, 7) is 13.4. The molecule has 1 aromatic rings. The summed E-state index contributed by atoms with van der Waals surface area (Å²) in [5.74, 6) is 0.711. The van der Waals surface area contributed by atoms with Gasteiger partial charge in [-0.25, -0.2) is 0 Å². The molecule has 0 spiro atoms. The van der Waals surface area contributed by atoms with E-state index in [2.05, 4.69) is 26.7 Å². The number of carbonyl (C=O) groups is 2. The van der Waals surface area contributed by atoms with E-state index in [9.17, 15) is 9.59 Å². The summed E-state index contributed by atoms with van der Waals surface area (Å²) in [6, 6.07) is 5.91. The van der Waals surface area contributed by atoms with Crippen LogP contribution in [-0.4, -0.2) is 30.7 Å². The number of rotatable bonds is 2. The summed E-state index contributed by atoms with van der Waals surface area (Å²) < 4.78 is 0. The van der Waals surface area contributed by atoms with Crippen LogP contribution in [0.2, 0.25) is 0 Å². The smallest absolute Gasteiger partial charge is 0.230 e. The number of ketones is 1. The van der Waals surface area contributed by atoms with Gasteiger partial charge in [-0.15, -0.1) is 0 Å². The number of piperidine rings is 1. The molecule has 1 unspecified atom stereocenters. The molecule has 1 atom stereocenters. The van der Waals surface area contributed by atoms with E-state index in [-0.39, 0.29) is 11.7 Å². The molecule has 2 aliphatic rings. The minimum atomic E-state index is 0.114. The van der Waals surface area contributed by atoms with Gasteiger partial charge in [0.2, 0.25) is 5.91 Å². The lowest BCUT2D eigenvalue weighted by Crippen LogP contribution is -2.32. The zero-order valence-electron chi connectivity index (χ0n) is 15.3. The quantitative estimate of drug-likeness (QED) is 0.809. The Bertz CT molecular complexity index is 746. The summed E-state index contributed by atoms with van der Waals surface area (Å²) in [5.41, 5.74) is 4.65. The second kappa shape index (κ2) is 7.51. The predicted molar refractivity (Wildman–Crippen MR) is 103 cm³/mol. The van der Waals surface area contributed by atoms with E-state index in [1.807, 2.05) is 37.2 Å². The number of amides is 1. The third kappa shape index (κ3) is 3.73. The summed E-state index contributed by atoms with van der Waals surface area (Å²) >= 11 is 0. The molecular weight excluding hydrogens is 312 g/mol. The van der Waals surface area contributed by atoms with Gasteiger partial charge in [0.25, 0.3) is 0 Å². The Labute approximate surface area is 150 Å². The zero-order chi connectivity index (χ0) is 18.7. The highest BCUT2D eigenvalue weighted by Gasteiger charge is 2.26. The first-order chi connectivity index (χ1) is 11.8. The van der Waals surface area contributed by atoms with Gasteiger partial charge < -0.3 is 4.90 Å². The predicted octanol–water partition coefficient (Wildman–Crippen LogP) is 4.25. The molecular formula is C21H26N2O2. The van der Waals surface area contributed by atoms with Gasteiger partial charge in [-0.1, -0.05) is 38.8 Å². The Morgan fingerprint density at radius 2 is 1.92 bits per heavy atom. The molecule has 0 N–H and O–H groups in total. The lowest BCUT2D eigenvalue weighted by Gasteiger charge is -2.30. The zero-order valence-corrected chi connectivity index (χ0v) is 15.3. The summed E-state index contributed by atoms with van der Waals surface area (Å²) in [4.78, 5) is 26.4. The lowest BCUT2D eigenvalue weighted by molar-refractivity contribution is -0.129. The van der Waals surface area contributed by atoms with Crippen molar-refractivity contribution in [1.82, 2.24) is 4.90 Å². The summed E-state index contributed by atoms with van der Waals surface area (Å²) in [6.07, 6.45) is 3.55.